The van der Waals surface area contributed by atoms with Crippen molar-refractivity contribution in [2.45, 2.75) is 25.7 Å². The zero-order valence-electron chi connectivity index (χ0n) is 4.94. The molecule has 0 unspecified atom stereocenters. The Morgan fingerprint density at radius 1 is 1.50 bits per heavy atom. The Labute approximate surface area is 55.5 Å². The van der Waals surface area contributed by atoms with Gasteiger partial charge in [-0.1, -0.05) is 30.5 Å². The molecule has 1 rings (SSSR count). The Morgan fingerprint density at radius 3 is 2.75 bits per heavy atom. The summed E-state index contributed by atoms with van der Waals surface area (Å²) in [6.07, 6.45) is 7.46. The maximum atomic E-state index is 5.32. The van der Waals surface area contributed by atoms with E-state index in [4.69, 9.17) is 11.6 Å². The van der Waals surface area contributed by atoms with Crippen LogP contribution in [0.25, 0.3) is 0 Å². The van der Waals surface area contributed by atoms with Gasteiger partial charge < -0.3 is 0 Å². The van der Waals surface area contributed by atoms with Gasteiger partial charge in [0.2, 0.25) is 0 Å². The van der Waals surface area contributed by atoms with Gasteiger partial charge in [-0.15, -0.1) is 0 Å². The molecule has 1 aliphatic rings. The van der Waals surface area contributed by atoms with E-state index in [-0.39, 0.29) is 0 Å². The predicted octanol–water partition coefficient (Wildman–Crippen LogP) is 2.93. The number of hydrogen-bond acceptors (Lipinski definition) is 0. The standard InChI is InChI=1S/C7H11Cl/c8-6-2-1-3-7-4-5-7/h2,6-7H,1,3-5H2. The van der Waals surface area contributed by atoms with Crippen LogP contribution in [0.2, 0.25) is 0 Å². The molecule has 8 heavy (non-hydrogen) atoms. The van der Waals surface area contributed by atoms with Crippen LogP contribution in [0.1, 0.15) is 25.7 Å². The number of hydrogen-bond donors (Lipinski definition) is 0. The molecule has 1 heteroatoms. The largest absolute Gasteiger partial charge is 0.0933 e. The topological polar surface area (TPSA) is 0 Å². The molecule has 0 bridgehead atoms. The van der Waals surface area contributed by atoms with Crippen LogP contribution >= 0.6 is 11.6 Å². The van der Waals surface area contributed by atoms with Crippen molar-refractivity contribution in [2.24, 2.45) is 5.92 Å². The molecule has 1 fully saturated rings. The SMILES string of the molecule is ClC=CCCC1CC1. The third-order valence-corrected chi connectivity index (χ3v) is 1.71. The Hall–Kier alpha value is 0.0300. The molecular formula is C7H11Cl. The first-order valence-electron chi connectivity index (χ1n) is 3.18. The molecule has 0 aliphatic heterocycles. The van der Waals surface area contributed by atoms with Crippen molar-refractivity contribution in [1.29, 1.82) is 0 Å². The van der Waals surface area contributed by atoms with Crippen molar-refractivity contribution in [2.75, 3.05) is 0 Å². The van der Waals surface area contributed by atoms with Gasteiger partial charge in [-0.2, -0.15) is 0 Å². The maximum absolute atomic E-state index is 5.32. The van der Waals surface area contributed by atoms with Crippen molar-refractivity contribution >= 4 is 11.6 Å². The highest BCUT2D eigenvalue weighted by atomic mass is 35.5. The summed E-state index contributed by atoms with van der Waals surface area (Å²) in [5.74, 6) is 1.04. The van der Waals surface area contributed by atoms with Gasteiger partial charge in [-0.25, -0.2) is 0 Å². The van der Waals surface area contributed by atoms with E-state index >= 15 is 0 Å². The second-order valence-corrected chi connectivity index (χ2v) is 2.63. The molecular weight excluding hydrogens is 120 g/mol. The Morgan fingerprint density at radius 2 is 2.25 bits per heavy atom. The van der Waals surface area contributed by atoms with E-state index in [1.54, 1.807) is 5.54 Å². The minimum Gasteiger partial charge on any atom is -0.0933 e. The lowest BCUT2D eigenvalue weighted by molar-refractivity contribution is 0.742. The van der Waals surface area contributed by atoms with E-state index in [2.05, 4.69) is 0 Å². The van der Waals surface area contributed by atoms with Gasteiger partial charge in [0, 0.05) is 5.54 Å². The Balaban J connectivity index is 1.88. The molecule has 1 saturated carbocycles. The molecule has 0 aromatic rings. The van der Waals surface area contributed by atoms with Crippen LogP contribution in [-0.4, -0.2) is 0 Å². The molecule has 0 spiro atoms. The summed E-state index contributed by atoms with van der Waals surface area (Å²) in [5, 5.41) is 0. The van der Waals surface area contributed by atoms with Crippen molar-refractivity contribution in [3.05, 3.63) is 11.6 Å². The second-order valence-electron chi connectivity index (χ2n) is 2.38. The van der Waals surface area contributed by atoms with Gasteiger partial charge >= 0.3 is 0 Å². The summed E-state index contributed by atoms with van der Waals surface area (Å²) >= 11 is 5.32. The van der Waals surface area contributed by atoms with Crippen LogP contribution in [-0.2, 0) is 0 Å². The van der Waals surface area contributed by atoms with Gasteiger partial charge in [0.05, 0.1) is 0 Å². The van der Waals surface area contributed by atoms with Gasteiger partial charge in [0.25, 0.3) is 0 Å². The molecule has 0 amide bonds. The molecule has 1 aliphatic carbocycles. The molecule has 0 aromatic heterocycles. The summed E-state index contributed by atoms with van der Waals surface area (Å²) < 4.78 is 0. The summed E-state index contributed by atoms with van der Waals surface area (Å²) in [4.78, 5) is 0. The molecule has 0 aromatic carbocycles. The summed E-state index contributed by atoms with van der Waals surface area (Å²) in [6, 6.07) is 0. The van der Waals surface area contributed by atoms with E-state index < -0.39 is 0 Å². The smallest absolute Gasteiger partial charge is 0.000245 e. The fourth-order valence-electron chi connectivity index (χ4n) is 0.801. The van der Waals surface area contributed by atoms with Crippen LogP contribution < -0.4 is 0 Å². The van der Waals surface area contributed by atoms with E-state index in [9.17, 15) is 0 Å². The zero-order chi connectivity index (χ0) is 5.82. The summed E-state index contributed by atoms with van der Waals surface area (Å²) in [6.45, 7) is 0. The van der Waals surface area contributed by atoms with Crippen LogP contribution in [0.3, 0.4) is 0 Å². The molecule has 0 atom stereocenters. The highest BCUT2D eigenvalue weighted by Crippen LogP contribution is 2.33. The van der Waals surface area contributed by atoms with Crippen molar-refractivity contribution in [3.8, 4) is 0 Å². The summed E-state index contributed by atoms with van der Waals surface area (Å²) in [5.41, 5.74) is 1.61. The van der Waals surface area contributed by atoms with E-state index in [1.807, 2.05) is 6.08 Å². The average Bonchev–Trinajstić information content (AvgIpc) is 2.51. The van der Waals surface area contributed by atoms with E-state index in [1.165, 1.54) is 25.7 Å². The van der Waals surface area contributed by atoms with Crippen molar-refractivity contribution < 1.29 is 0 Å². The van der Waals surface area contributed by atoms with Crippen molar-refractivity contribution in [3.63, 3.8) is 0 Å². The highest BCUT2D eigenvalue weighted by Gasteiger charge is 2.19. The monoisotopic (exact) mass is 130 g/mol. The molecule has 0 saturated heterocycles. The van der Waals surface area contributed by atoms with Crippen LogP contribution in [0.5, 0.6) is 0 Å². The molecule has 0 N–H and O–H groups in total. The molecule has 0 heterocycles. The first-order valence-corrected chi connectivity index (χ1v) is 3.62. The Kier molecular flexibility index (Phi) is 2.41. The van der Waals surface area contributed by atoms with Gasteiger partial charge in [0.1, 0.15) is 0 Å². The van der Waals surface area contributed by atoms with Gasteiger partial charge in [0.15, 0.2) is 0 Å². The molecule has 0 nitrogen and oxygen atoms in total. The minimum absolute atomic E-state index is 1.04. The zero-order valence-corrected chi connectivity index (χ0v) is 5.69. The maximum Gasteiger partial charge on any atom is 0.000245 e. The first kappa shape index (κ1) is 6.15. The quantitative estimate of drug-likeness (QED) is 0.551. The van der Waals surface area contributed by atoms with Gasteiger partial charge in [-0.05, 0) is 18.8 Å². The van der Waals surface area contributed by atoms with Crippen LogP contribution in [0.15, 0.2) is 11.6 Å². The number of rotatable bonds is 3. The van der Waals surface area contributed by atoms with Crippen molar-refractivity contribution in [1.82, 2.24) is 0 Å². The highest BCUT2D eigenvalue weighted by molar-refractivity contribution is 6.25. The summed E-state index contributed by atoms with van der Waals surface area (Å²) in [7, 11) is 0. The van der Waals surface area contributed by atoms with E-state index in [0.717, 1.165) is 5.92 Å². The third-order valence-electron chi connectivity index (χ3n) is 1.53. The fraction of sp³-hybridized carbons (Fsp3) is 0.714. The lowest BCUT2D eigenvalue weighted by Gasteiger charge is -1.86. The lowest BCUT2D eigenvalue weighted by atomic mass is 10.2. The normalized spacial score (nSPS) is 20.1. The minimum atomic E-state index is 1.04. The van der Waals surface area contributed by atoms with Crippen LogP contribution in [0.4, 0.5) is 0 Å². The molecule has 46 valence electrons. The predicted molar refractivity (Wildman–Crippen MR) is 37.0 cm³/mol. The fourth-order valence-corrected chi connectivity index (χ4v) is 0.927. The lowest BCUT2D eigenvalue weighted by Crippen LogP contribution is -1.70. The van der Waals surface area contributed by atoms with Crippen LogP contribution in [0, 0.1) is 5.92 Å². The number of allylic oxidation sites excluding steroid dienone is 1. The first-order chi connectivity index (χ1) is 3.93. The van der Waals surface area contributed by atoms with E-state index in [0.29, 0.717) is 0 Å². The van der Waals surface area contributed by atoms with Gasteiger partial charge in [-0.3, -0.25) is 0 Å². The Bertz CT molecular complexity index is 82.4. The second kappa shape index (κ2) is 3.13. The molecule has 0 radical (unpaired) electrons. The average molecular weight is 131 g/mol. The third kappa shape index (κ3) is 2.37. The number of halogens is 1.